The summed E-state index contributed by atoms with van der Waals surface area (Å²) in [6, 6.07) is 0. The van der Waals surface area contributed by atoms with E-state index >= 15 is 0 Å². The van der Waals surface area contributed by atoms with Crippen molar-refractivity contribution in [3.05, 3.63) is 11.9 Å². The smallest absolute Gasteiger partial charge is 0.204 e. The second kappa shape index (κ2) is 4.92. The number of alkyl halides is 7. The highest BCUT2D eigenvalue weighted by Crippen LogP contribution is 2.39. The van der Waals surface area contributed by atoms with Crippen LogP contribution in [0.5, 0.6) is 0 Å². The van der Waals surface area contributed by atoms with Gasteiger partial charge in [-0.2, -0.15) is 8.78 Å². The third-order valence-electron chi connectivity index (χ3n) is 0.876. The van der Waals surface area contributed by atoms with Crippen LogP contribution in [-0.2, 0) is 0 Å². The van der Waals surface area contributed by atoms with Crippen molar-refractivity contribution in [1.29, 1.82) is 0 Å². The van der Waals surface area contributed by atoms with Gasteiger partial charge in [0.2, 0.25) is 3.79 Å². The molecule has 0 saturated heterocycles. The first-order chi connectivity index (χ1) is 5.55. The van der Waals surface area contributed by atoms with Crippen molar-refractivity contribution in [2.45, 2.75) is 13.5 Å². The zero-order valence-corrected chi connectivity index (χ0v) is 11.1. The molecule has 0 heterocycles. The van der Waals surface area contributed by atoms with E-state index in [4.69, 9.17) is 34.8 Å². The molecule has 0 aliphatic carbocycles. The van der Waals surface area contributed by atoms with E-state index in [1.165, 1.54) is 0 Å². The quantitative estimate of drug-likeness (QED) is 0.590. The molecule has 0 spiro atoms. The molecule has 0 aromatic heterocycles. The van der Waals surface area contributed by atoms with Crippen LogP contribution < -0.4 is 0 Å². The third kappa shape index (κ3) is 5.72. The minimum absolute atomic E-state index is 0.474. The van der Waals surface area contributed by atoms with Crippen molar-refractivity contribution in [2.75, 3.05) is 0 Å². The van der Waals surface area contributed by atoms with Gasteiger partial charge in [0.1, 0.15) is 0 Å². The van der Waals surface area contributed by atoms with E-state index in [0.29, 0.717) is 6.08 Å². The molecular weight excluding hydrogens is 383 g/mol. The molecule has 0 amide bonds. The molecule has 0 bridgehead atoms. The van der Waals surface area contributed by atoms with Gasteiger partial charge in [0.05, 0.1) is 4.83 Å². The van der Waals surface area contributed by atoms with Gasteiger partial charge in [-0.05, 0) is 22.0 Å². The van der Waals surface area contributed by atoms with Crippen molar-refractivity contribution in [3.63, 3.8) is 0 Å². The summed E-state index contributed by atoms with van der Waals surface area (Å²) in [7, 11) is 0. The van der Waals surface area contributed by atoms with Crippen molar-refractivity contribution >= 4 is 66.7 Å². The normalized spacial score (nSPS) is 17.4. The molecule has 0 fully saturated rings. The molecule has 1 atom stereocenters. The van der Waals surface area contributed by atoms with Gasteiger partial charge in [-0.25, -0.2) is 4.39 Å². The summed E-state index contributed by atoms with van der Waals surface area (Å²) in [5.41, 5.74) is 0. The molecule has 0 rings (SSSR count). The molecule has 0 aromatic carbocycles. The van der Waals surface area contributed by atoms with Gasteiger partial charge in [0, 0.05) is 0 Å². The second-order valence-corrected chi connectivity index (χ2v) is 6.31. The Morgan fingerprint density at radius 3 is 1.92 bits per heavy atom. The van der Waals surface area contributed by atoms with Gasteiger partial charge in [0.15, 0.2) is 5.83 Å². The zero-order chi connectivity index (χ0) is 10.9. The van der Waals surface area contributed by atoms with E-state index in [1.807, 2.05) is 15.9 Å². The average Bonchev–Trinajstić information content (AvgIpc) is 1.82. The van der Waals surface area contributed by atoms with Crippen molar-refractivity contribution < 1.29 is 13.2 Å². The van der Waals surface area contributed by atoms with Crippen LogP contribution >= 0.6 is 66.7 Å². The number of allylic oxidation sites excluding steroid dienone is 2. The Bertz CT molecular complexity index is 208. The molecule has 0 aliphatic heterocycles. The Balaban J connectivity index is 4.59. The predicted octanol–water partition coefficient (Wildman–Crippen LogP) is 4.96. The van der Waals surface area contributed by atoms with Crippen LogP contribution in [0.4, 0.5) is 13.2 Å². The summed E-state index contributed by atoms with van der Waals surface area (Å²) in [5.74, 6) is -1.72. The number of hydrogen-bond donors (Lipinski definition) is 0. The average molecular weight is 385 g/mol. The second-order valence-electron chi connectivity index (χ2n) is 1.96. The standard InChI is InChI=1S/C5H2Br2Cl3F3/c6-2(5(8,9)10)1-3(11)4(7,12)13/h1-2H. The van der Waals surface area contributed by atoms with Crippen molar-refractivity contribution in [1.82, 2.24) is 0 Å². The van der Waals surface area contributed by atoms with E-state index in [9.17, 15) is 13.2 Å². The maximum absolute atomic E-state index is 12.5. The van der Waals surface area contributed by atoms with Crippen LogP contribution in [0.1, 0.15) is 0 Å². The largest absolute Gasteiger partial charge is 0.351 e. The SMILES string of the molecule is FC(=CC(Br)C(Cl)(Cl)Cl)C(F)(F)Br. The fourth-order valence-corrected chi connectivity index (χ4v) is 0.871. The highest BCUT2D eigenvalue weighted by molar-refractivity contribution is 9.10. The summed E-state index contributed by atoms with van der Waals surface area (Å²) in [4.78, 5) is -4.87. The fraction of sp³-hybridized carbons (Fsp3) is 0.600. The van der Waals surface area contributed by atoms with Gasteiger partial charge in [-0.1, -0.05) is 50.7 Å². The maximum atomic E-state index is 12.5. The van der Waals surface area contributed by atoms with Gasteiger partial charge in [-0.3, -0.25) is 0 Å². The van der Waals surface area contributed by atoms with E-state index in [0.717, 1.165) is 0 Å². The molecule has 0 N–H and O–H groups in total. The van der Waals surface area contributed by atoms with Gasteiger partial charge >= 0.3 is 4.83 Å². The van der Waals surface area contributed by atoms with Crippen molar-refractivity contribution in [2.24, 2.45) is 0 Å². The summed E-state index contributed by atoms with van der Waals surface area (Å²) < 4.78 is 35.0. The van der Waals surface area contributed by atoms with Gasteiger partial charge < -0.3 is 0 Å². The van der Waals surface area contributed by atoms with Crippen LogP contribution in [0.15, 0.2) is 11.9 Å². The summed E-state index contributed by atoms with van der Waals surface area (Å²) in [6.45, 7) is 0. The summed E-state index contributed by atoms with van der Waals surface area (Å²) in [6.07, 6.45) is 0.474. The molecule has 0 aliphatic rings. The number of hydrogen-bond acceptors (Lipinski definition) is 0. The lowest BCUT2D eigenvalue weighted by Crippen LogP contribution is -2.18. The topological polar surface area (TPSA) is 0 Å². The van der Waals surface area contributed by atoms with E-state index in [2.05, 4.69) is 15.9 Å². The van der Waals surface area contributed by atoms with Crippen LogP contribution in [0.3, 0.4) is 0 Å². The Morgan fingerprint density at radius 2 is 1.69 bits per heavy atom. The minimum atomic E-state index is -3.74. The number of rotatable bonds is 2. The van der Waals surface area contributed by atoms with E-state index in [1.54, 1.807) is 0 Å². The molecular formula is C5H2Br2Cl3F3. The fourth-order valence-electron chi connectivity index (χ4n) is 0.317. The van der Waals surface area contributed by atoms with Crippen LogP contribution in [0.2, 0.25) is 0 Å². The summed E-state index contributed by atoms with van der Waals surface area (Å²) >= 11 is 20.4. The Kier molecular flexibility index (Phi) is 5.44. The summed E-state index contributed by atoms with van der Waals surface area (Å²) in [5, 5.41) is 0. The van der Waals surface area contributed by atoms with Crippen molar-refractivity contribution in [3.8, 4) is 0 Å². The highest BCUT2D eigenvalue weighted by Gasteiger charge is 2.35. The van der Waals surface area contributed by atoms with E-state index < -0.39 is 19.3 Å². The van der Waals surface area contributed by atoms with Crippen LogP contribution in [0.25, 0.3) is 0 Å². The first-order valence-corrected chi connectivity index (χ1v) is 5.54. The molecule has 8 heteroatoms. The Hall–Kier alpha value is 1.36. The Labute approximate surface area is 105 Å². The molecule has 0 aromatic rings. The van der Waals surface area contributed by atoms with E-state index in [-0.39, 0.29) is 0 Å². The zero-order valence-electron chi connectivity index (χ0n) is 5.68. The maximum Gasteiger partial charge on any atom is 0.351 e. The molecule has 0 nitrogen and oxygen atoms in total. The van der Waals surface area contributed by atoms with Crippen LogP contribution in [-0.4, -0.2) is 13.5 Å². The monoisotopic (exact) mass is 382 g/mol. The molecule has 1 unspecified atom stereocenters. The lowest BCUT2D eigenvalue weighted by atomic mass is 10.4. The van der Waals surface area contributed by atoms with Crippen LogP contribution in [0, 0.1) is 0 Å². The lowest BCUT2D eigenvalue weighted by molar-refractivity contribution is 0.127. The third-order valence-corrected chi connectivity index (χ3v) is 3.70. The first kappa shape index (κ1) is 14.4. The first-order valence-electron chi connectivity index (χ1n) is 2.70. The molecule has 0 saturated carbocycles. The van der Waals surface area contributed by atoms with Gasteiger partial charge in [-0.15, -0.1) is 0 Å². The molecule has 13 heavy (non-hydrogen) atoms. The highest BCUT2D eigenvalue weighted by atomic mass is 79.9. The number of halogens is 8. The molecule has 78 valence electrons. The lowest BCUT2D eigenvalue weighted by Gasteiger charge is -2.15. The molecule has 0 radical (unpaired) electrons. The Morgan fingerprint density at radius 1 is 1.31 bits per heavy atom. The predicted molar refractivity (Wildman–Crippen MR) is 56.1 cm³/mol. The van der Waals surface area contributed by atoms with Gasteiger partial charge in [0.25, 0.3) is 0 Å². The minimum Gasteiger partial charge on any atom is -0.204 e.